The number of rotatable bonds is 5. The van der Waals surface area contributed by atoms with E-state index in [-0.39, 0.29) is 5.91 Å². The highest BCUT2D eigenvalue weighted by molar-refractivity contribution is 5.94. The van der Waals surface area contributed by atoms with Crippen LogP contribution in [0, 0.1) is 12.8 Å². The van der Waals surface area contributed by atoms with Crippen molar-refractivity contribution in [3.8, 4) is 0 Å². The molecule has 2 aromatic heterocycles. The molecule has 6 heteroatoms. The predicted molar refractivity (Wildman–Crippen MR) is 86.3 cm³/mol. The third kappa shape index (κ3) is 3.06. The lowest BCUT2D eigenvalue weighted by Gasteiger charge is -2.29. The number of fused-ring (bicyclic) bond motifs is 1. The molecule has 4 rings (SSSR count). The molecule has 1 saturated carbocycles. The Morgan fingerprint density at radius 3 is 3.00 bits per heavy atom. The summed E-state index contributed by atoms with van der Waals surface area (Å²) in [6.07, 6.45) is 8.67. The minimum atomic E-state index is -0.0326. The topological polar surface area (TPSA) is 68.5 Å². The van der Waals surface area contributed by atoms with Crippen molar-refractivity contribution in [3.05, 3.63) is 46.6 Å². The summed E-state index contributed by atoms with van der Waals surface area (Å²) in [5, 5.41) is 3.70. The van der Waals surface area contributed by atoms with Crippen molar-refractivity contribution in [2.24, 2.45) is 5.92 Å². The molecule has 2 aliphatic rings. The minimum Gasteiger partial charge on any atom is -0.376 e. The fourth-order valence-corrected chi connectivity index (χ4v) is 3.16. The maximum absolute atomic E-state index is 12.6. The van der Waals surface area contributed by atoms with Gasteiger partial charge >= 0.3 is 0 Å². The molecule has 1 amide bonds. The molecule has 6 nitrogen and oxygen atoms in total. The summed E-state index contributed by atoms with van der Waals surface area (Å²) in [5.41, 5.74) is 4.08. The number of nitrogens with zero attached hydrogens (tertiary/aromatic N) is 3. The Kier molecular flexibility index (Phi) is 4.06. The first-order valence-corrected chi connectivity index (χ1v) is 8.45. The second-order valence-corrected chi connectivity index (χ2v) is 6.67. The van der Waals surface area contributed by atoms with Gasteiger partial charge in [-0.1, -0.05) is 5.16 Å². The largest absolute Gasteiger partial charge is 0.376 e. The van der Waals surface area contributed by atoms with Gasteiger partial charge < -0.3 is 14.2 Å². The van der Waals surface area contributed by atoms with Crippen LogP contribution in [0.2, 0.25) is 0 Å². The summed E-state index contributed by atoms with van der Waals surface area (Å²) in [5.74, 6) is 1.29. The van der Waals surface area contributed by atoms with E-state index in [1.807, 2.05) is 17.3 Å². The highest BCUT2D eigenvalue weighted by Crippen LogP contribution is 2.29. The van der Waals surface area contributed by atoms with Crippen LogP contribution in [0.25, 0.3) is 0 Å². The summed E-state index contributed by atoms with van der Waals surface area (Å²) >= 11 is 0. The van der Waals surface area contributed by atoms with Crippen molar-refractivity contribution in [2.45, 2.75) is 39.3 Å². The van der Waals surface area contributed by atoms with Gasteiger partial charge in [0.15, 0.2) is 0 Å². The van der Waals surface area contributed by atoms with Crippen molar-refractivity contribution < 1.29 is 14.1 Å². The van der Waals surface area contributed by atoms with E-state index in [4.69, 9.17) is 9.26 Å². The average Bonchev–Trinajstić information content (AvgIpc) is 3.33. The lowest BCUT2D eigenvalue weighted by molar-refractivity contribution is 0.0730. The molecular weight excluding hydrogens is 306 g/mol. The van der Waals surface area contributed by atoms with Crippen LogP contribution in [0.15, 0.2) is 23.1 Å². The van der Waals surface area contributed by atoms with Gasteiger partial charge in [0.1, 0.15) is 11.3 Å². The first-order chi connectivity index (χ1) is 11.7. The van der Waals surface area contributed by atoms with Crippen LogP contribution < -0.4 is 0 Å². The van der Waals surface area contributed by atoms with Crippen LogP contribution in [0.5, 0.6) is 0 Å². The minimum absolute atomic E-state index is 0.0326. The van der Waals surface area contributed by atoms with Crippen molar-refractivity contribution in [2.75, 3.05) is 13.2 Å². The molecule has 0 bridgehead atoms. The maximum Gasteiger partial charge on any atom is 0.259 e. The standard InChI is InChI=1S/C18H21N3O3/c1-12-17(8-20-24-12)18(22)21-5-4-16-14(9-21)6-19-7-15(16)11-23-10-13-2-3-13/h6-8,13H,2-5,9-11H2,1H3. The van der Waals surface area contributed by atoms with E-state index >= 15 is 0 Å². The lowest BCUT2D eigenvalue weighted by atomic mass is 9.97. The highest BCUT2D eigenvalue weighted by Gasteiger charge is 2.26. The van der Waals surface area contributed by atoms with E-state index in [0.29, 0.717) is 31.0 Å². The SMILES string of the molecule is Cc1oncc1C(=O)N1CCc2c(COCC3CC3)cncc2C1. The fourth-order valence-electron chi connectivity index (χ4n) is 3.16. The third-order valence-corrected chi connectivity index (χ3v) is 4.81. The molecule has 0 spiro atoms. The summed E-state index contributed by atoms with van der Waals surface area (Å²) in [7, 11) is 0. The van der Waals surface area contributed by atoms with Gasteiger partial charge in [-0.3, -0.25) is 9.78 Å². The number of pyridine rings is 1. The van der Waals surface area contributed by atoms with Gasteiger partial charge in [-0.15, -0.1) is 0 Å². The van der Waals surface area contributed by atoms with E-state index < -0.39 is 0 Å². The molecule has 0 N–H and O–H groups in total. The van der Waals surface area contributed by atoms with Gasteiger partial charge in [-0.05, 0) is 48.8 Å². The normalized spacial score (nSPS) is 17.0. The van der Waals surface area contributed by atoms with Crippen LogP contribution in [-0.4, -0.2) is 34.1 Å². The van der Waals surface area contributed by atoms with Crippen molar-refractivity contribution >= 4 is 5.91 Å². The molecule has 0 radical (unpaired) electrons. The molecule has 0 aromatic carbocycles. The lowest BCUT2D eigenvalue weighted by Crippen LogP contribution is -2.36. The third-order valence-electron chi connectivity index (χ3n) is 4.81. The van der Waals surface area contributed by atoms with Crippen LogP contribution in [0.1, 0.15) is 45.7 Å². The summed E-state index contributed by atoms with van der Waals surface area (Å²) in [4.78, 5) is 18.8. The van der Waals surface area contributed by atoms with Crippen LogP contribution in [0.3, 0.4) is 0 Å². The summed E-state index contributed by atoms with van der Waals surface area (Å²) < 4.78 is 10.8. The van der Waals surface area contributed by atoms with Crippen LogP contribution in [-0.2, 0) is 24.3 Å². The number of aryl methyl sites for hydroxylation is 1. The smallest absolute Gasteiger partial charge is 0.259 e. The average molecular weight is 327 g/mol. The van der Waals surface area contributed by atoms with Crippen LogP contribution in [0.4, 0.5) is 0 Å². The number of carbonyl (C=O) groups is 1. The highest BCUT2D eigenvalue weighted by atomic mass is 16.5. The summed E-state index contributed by atoms with van der Waals surface area (Å²) in [6, 6.07) is 0. The van der Waals surface area contributed by atoms with E-state index in [0.717, 1.165) is 30.1 Å². The van der Waals surface area contributed by atoms with Crippen molar-refractivity contribution in [3.63, 3.8) is 0 Å². The molecule has 0 atom stereocenters. The van der Waals surface area contributed by atoms with Crippen molar-refractivity contribution in [1.29, 1.82) is 0 Å². The number of ether oxygens (including phenoxy) is 1. The van der Waals surface area contributed by atoms with E-state index in [1.54, 1.807) is 6.92 Å². The quantitative estimate of drug-likeness (QED) is 0.844. The van der Waals surface area contributed by atoms with Crippen molar-refractivity contribution in [1.82, 2.24) is 15.0 Å². The van der Waals surface area contributed by atoms with Gasteiger partial charge in [0.05, 0.1) is 12.8 Å². The number of hydrogen-bond donors (Lipinski definition) is 0. The molecule has 24 heavy (non-hydrogen) atoms. The number of amides is 1. The molecule has 0 unspecified atom stereocenters. The zero-order chi connectivity index (χ0) is 16.5. The monoisotopic (exact) mass is 327 g/mol. The molecule has 0 saturated heterocycles. The second-order valence-electron chi connectivity index (χ2n) is 6.67. The van der Waals surface area contributed by atoms with E-state index in [1.165, 1.54) is 24.6 Å². The Morgan fingerprint density at radius 2 is 2.25 bits per heavy atom. The Labute approximate surface area is 140 Å². The van der Waals surface area contributed by atoms with Gasteiger partial charge in [0.25, 0.3) is 5.91 Å². The molecule has 1 aliphatic heterocycles. The Bertz CT molecular complexity index is 752. The molecule has 1 fully saturated rings. The Morgan fingerprint density at radius 1 is 1.38 bits per heavy atom. The molecule has 1 aliphatic carbocycles. The second kappa shape index (κ2) is 6.36. The molecule has 2 aromatic rings. The fraction of sp³-hybridized carbons (Fsp3) is 0.500. The first-order valence-electron chi connectivity index (χ1n) is 8.45. The van der Waals surface area contributed by atoms with E-state index in [9.17, 15) is 4.79 Å². The number of aromatic nitrogens is 2. The number of hydrogen-bond acceptors (Lipinski definition) is 5. The van der Waals surface area contributed by atoms with Crippen LogP contribution >= 0.6 is 0 Å². The van der Waals surface area contributed by atoms with Gasteiger partial charge in [0, 0.05) is 32.1 Å². The van der Waals surface area contributed by atoms with E-state index in [2.05, 4.69) is 10.1 Å². The zero-order valence-electron chi connectivity index (χ0n) is 13.8. The Balaban J connectivity index is 1.46. The molecule has 3 heterocycles. The molecule has 126 valence electrons. The zero-order valence-corrected chi connectivity index (χ0v) is 13.8. The summed E-state index contributed by atoms with van der Waals surface area (Å²) in [6.45, 7) is 4.49. The maximum atomic E-state index is 12.6. The van der Waals surface area contributed by atoms with Gasteiger partial charge in [-0.2, -0.15) is 0 Å². The Hall–Kier alpha value is -2.21. The predicted octanol–water partition coefficient (Wildman–Crippen LogP) is 2.50. The number of carbonyl (C=O) groups excluding carboxylic acids is 1. The molecular formula is C18H21N3O3. The first kappa shape index (κ1) is 15.3. The van der Waals surface area contributed by atoms with Gasteiger partial charge in [-0.25, -0.2) is 0 Å². The van der Waals surface area contributed by atoms with Gasteiger partial charge in [0.2, 0.25) is 0 Å².